The lowest BCUT2D eigenvalue weighted by Gasteiger charge is -2.31. The summed E-state index contributed by atoms with van der Waals surface area (Å²) in [6.45, 7) is 4.94. The van der Waals surface area contributed by atoms with Gasteiger partial charge in [-0.1, -0.05) is 11.6 Å². The molecule has 21 heavy (non-hydrogen) atoms. The Morgan fingerprint density at radius 3 is 2.90 bits per heavy atom. The fourth-order valence-electron chi connectivity index (χ4n) is 2.13. The molecular weight excluding hydrogens is 294 g/mol. The highest BCUT2D eigenvalue weighted by atomic mass is 35.5. The van der Waals surface area contributed by atoms with Gasteiger partial charge < -0.3 is 14.2 Å². The average molecular weight is 314 g/mol. The van der Waals surface area contributed by atoms with Crippen molar-refractivity contribution in [3.05, 3.63) is 29.3 Å². The summed E-state index contributed by atoms with van der Waals surface area (Å²) in [6.07, 6.45) is -0.0520. The average Bonchev–Trinajstić information content (AvgIpc) is 2.47. The van der Waals surface area contributed by atoms with Crippen LogP contribution in [-0.4, -0.2) is 56.4 Å². The Balaban J connectivity index is 1.76. The number of carbonyl (C=O) groups is 1. The number of halogens is 1. The maximum absolute atomic E-state index is 11.5. The molecule has 1 aliphatic heterocycles. The molecule has 5 nitrogen and oxygen atoms in total. The first kappa shape index (κ1) is 16.1. The molecule has 1 aromatic rings. The molecule has 0 radical (unpaired) electrons. The molecule has 1 heterocycles. The van der Waals surface area contributed by atoms with Crippen LogP contribution in [0.15, 0.2) is 24.3 Å². The highest BCUT2D eigenvalue weighted by molar-refractivity contribution is 6.30. The first-order chi connectivity index (χ1) is 10.2. The van der Waals surface area contributed by atoms with Crippen LogP contribution in [0.5, 0.6) is 5.75 Å². The minimum absolute atomic E-state index is 0.0520. The van der Waals surface area contributed by atoms with Crippen LogP contribution in [0.3, 0.4) is 0 Å². The summed E-state index contributed by atoms with van der Waals surface area (Å²) in [7, 11) is 0. The number of morpholine rings is 1. The van der Waals surface area contributed by atoms with Gasteiger partial charge in [0.2, 0.25) is 0 Å². The summed E-state index contributed by atoms with van der Waals surface area (Å²) in [4.78, 5) is 13.5. The first-order valence-corrected chi connectivity index (χ1v) is 7.43. The lowest BCUT2D eigenvalue weighted by Crippen LogP contribution is -2.47. The molecule has 0 spiro atoms. The topological polar surface area (TPSA) is 48.0 Å². The fourth-order valence-corrected chi connectivity index (χ4v) is 2.26. The van der Waals surface area contributed by atoms with Crippen LogP contribution >= 0.6 is 11.6 Å². The Hall–Kier alpha value is -1.30. The molecule has 1 atom stereocenters. The summed E-state index contributed by atoms with van der Waals surface area (Å²) in [6, 6.07) is 7.21. The molecule has 6 heteroatoms. The molecule has 116 valence electrons. The van der Waals surface area contributed by atoms with Crippen LogP contribution in [0.25, 0.3) is 0 Å². The van der Waals surface area contributed by atoms with E-state index < -0.39 is 0 Å². The van der Waals surface area contributed by atoms with Crippen molar-refractivity contribution >= 4 is 17.6 Å². The van der Waals surface area contributed by atoms with E-state index >= 15 is 0 Å². The monoisotopic (exact) mass is 313 g/mol. The molecule has 1 fully saturated rings. The van der Waals surface area contributed by atoms with Crippen molar-refractivity contribution in [1.82, 2.24) is 4.90 Å². The number of esters is 1. The van der Waals surface area contributed by atoms with Crippen molar-refractivity contribution < 1.29 is 19.0 Å². The highest BCUT2D eigenvalue weighted by Crippen LogP contribution is 2.16. The van der Waals surface area contributed by atoms with Gasteiger partial charge in [-0.25, -0.2) is 0 Å². The van der Waals surface area contributed by atoms with Gasteiger partial charge in [0.25, 0.3) is 0 Å². The number of nitrogens with zero attached hydrogens (tertiary/aromatic N) is 1. The van der Waals surface area contributed by atoms with Crippen LogP contribution in [0.2, 0.25) is 5.02 Å². The molecular formula is C15H20ClNO4. The minimum Gasteiger partial charge on any atom is -0.491 e. The maximum atomic E-state index is 11.5. The van der Waals surface area contributed by atoms with Crippen molar-refractivity contribution in [3.63, 3.8) is 0 Å². The molecule has 1 unspecified atom stereocenters. The SMILES string of the molecule is CCOC(=O)CN1CCOC(COc2ccc(Cl)cc2)C1. The van der Waals surface area contributed by atoms with Crippen LogP contribution in [0, 0.1) is 0 Å². The van der Waals surface area contributed by atoms with Gasteiger partial charge >= 0.3 is 5.97 Å². The van der Waals surface area contributed by atoms with Crippen molar-refractivity contribution in [2.75, 3.05) is 39.5 Å². The molecule has 2 rings (SSSR count). The second-order valence-electron chi connectivity index (χ2n) is 4.80. The zero-order valence-electron chi connectivity index (χ0n) is 12.1. The number of rotatable bonds is 6. The van der Waals surface area contributed by atoms with E-state index in [2.05, 4.69) is 0 Å². The van der Waals surface area contributed by atoms with E-state index in [0.29, 0.717) is 37.9 Å². The van der Waals surface area contributed by atoms with Crippen LogP contribution in [-0.2, 0) is 14.3 Å². The van der Waals surface area contributed by atoms with Crippen molar-refractivity contribution in [2.45, 2.75) is 13.0 Å². The largest absolute Gasteiger partial charge is 0.491 e. The standard InChI is InChI=1S/C15H20ClNO4/c1-2-19-15(18)10-17-7-8-20-14(9-17)11-21-13-5-3-12(16)4-6-13/h3-6,14H,2,7-11H2,1H3. The highest BCUT2D eigenvalue weighted by Gasteiger charge is 2.23. The first-order valence-electron chi connectivity index (χ1n) is 7.05. The van der Waals surface area contributed by atoms with Crippen LogP contribution in [0.1, 0.15) is 6.92 Å². The van der Waals surface area contributed by atoms with Gasteiger partial charge in [0.1, 0.15) is 18.5 Å². The van der Waals surface area contributed by atoms with Crippen molar-refractivity contribution in [2.24, 2.45) is 0 Å². The zero-order valence-corrected chi connectivity index (χ0v) is 12.8. The van der Waals surface area contributed by atoms with Gasteiger partial charge in [-0.3, -0.25) is 9.69 Å². The Morgan fingerprint density at radius 2 is 2.19 bits per heavy atom. The predicted molar refractivity (Wildman–Crippen MR) is 79.8 cm³/mol. The molecule has 0 amide bonds. The lowest BCUT2D eigenvalue weighted by atomic mass is 10.3. The normalized spacial score (nSPS) is 19.2. The Kier molecular flexibility index (Phi) is 6.29. The van der Waals surface area contributed by atoms with Crippen LogP contribution < -0.4 is 4.74 Å². The Bertz CT molecular complexity index is 451. The third-order valence-electron chi connectivity index (χ3n) is 3.13. The lowest BCUT2D eigenvalue weighted by molar-refractivity contribution is -0.146. The summed E-state index contributed by atoms with van der Waals surface area (Å²) in [5.74, 6) is 0.558. The van der Waals surface area contributed by atoms with E-state index in [1.165, 1.54) is 0 Å². The van der Waals surface area contributed by atoms with Crippen LogP contribution in [0.4, 0.5) is 0 Å². The number of benzene rings is 1. The molecule has 0 N–H and O–H groups in total. The minimum atomic E-state index is -0.197. The van der Waals surface area contributed by atoms with E-state index in [1.54, 1.807) is 19.1 Å². The van der Waals surface area contributed by atoms with Gasteiger partial charge in [0.05, 0.1) is 19.8 Å². The van der Waals surface area contributed by atoms with Gasteiger partial charge in [-0.2, -0.15) is 0 Å². The fraction of sp³-hybridized carbons (Fsp3) is 0.533. The molecule has 0 bridgehead atoms. The Morgan fingerprint density at radius 1 is 1.43 bits per heavy atom. The van der Waals surface area contributed by atoms with Crippen molar-refractivity contribution in [3.8, 4) is 5.75 Å². The molecule has 0 aliphatic carbocycles. The summed E-state index contributed by atoms with van der Waals surface area (Å²) >= 11 is 5.82. The second kappa shape index (κ2) is 8.22. The number of ether oxygens (including phenoxy) is 3. The molecule has 1 aliphatic rings. The Labute approximate surface area is 129 Å². The quantitative estimate of drug-likeness (QED) is 0.752. The van der Waals surface area contributed by atoms with Gasteiger partial charge in [-0.05, 0) is 31.2 Å². The van der Waals surface area contributed by atoms with E-state index in [-0.39, 0.29) is 12.1 Å². The smallest absolute Gasteiger partial charge is 0.320 e. The second-order valence-corrected chi connectivity index (χ2v) is 5.23. The van der Waals surface area contributed by atoms with Crippen molar-refractivity contribution in [1.29, 1.82) is 0 Å². The summed E-state index contributed by atoms with van der Waals surface area (Å²) in [5.41, 5.74) is 0. The summed E-state index contributed by atoms with van der Waals surface area (Å²) in [5, 5.41) is 0.678. The number of hydrogen-bond donors (Lipinski definition) is 0. The molecule has 0 aromatic heterocycles. The van der Waals surface area contributed by atoms with Gasteiger partial charge in [0, 0.05) is 18.1 Å². The molecule has 1 aromatic carbocycles. The number of carbonyl (C=O) groups excluding carboxylic acids is 1. The van der Waals surface area contributed by atoms with E-state index in [0.717, 1.165) is 12.3 Å². The maximum Gasteiger partial charge on any atom is 0.320 e. The molecule has 0 saturated carbocycles. The third-order valence-corrected chi connectivity index (χ3v) is 3.38. The summed E-state index contributed by atoms with van der Waals surface area (Å²) < 4.78 is 16.3. The van der Waals surface area contributed by atoms with E-state index in [4.69, 9.17) is 25.8 Å². The predicted octanol–water partition coefficient (Wildman–Crippen LogP) is 1.98. The third kappa shape index (κ3) is 5.53. The van der Waals surface area contributed by atoms with Gasteiger partial charge in [-0.15, -0.1) is 0 Å². The molecule has 1 saturated heterocycles. The van der Waals surface area contributed by atoms with E-state index in [9.17, 15) is 4.79 Å². The van der Waals surface area contributed by atoms with Gasteiger partial charge in [0.15, 0.2) is 0 Å². The van der Waals surface area contributed by atoms with E-state index in [1.807, 2.05) is 17.0 Å². The zero-order chi connectivity index (χ0) is 15.1. The number of hydrogen-bond acceptors (Lipinski definition) is 5.